The van der Waals surface area contributed by atoms with E-state index in [0.717, 1.165) is 18.4 Å². The number of allylic oxidation sites excluding steroid dienone is 1. The molecule has 66 valence electrons. The molecule has 3 nitrogen and oxygen atoms in total. The Bertz CT molecular complexity index is 235. The molecule has 12 heavy (non-hydrogen) atoms. The van der Waals surface area contributed by atoms with E-state index < -0.39 is 5.97 Å². The molecule has 0 aliphatic carbocycles. The van der Waals surface area contributed by atoms with E-state index in [0.29, 0.717) is 0 Å². The van der Waals surface area contributed by atoms with Crippen LogP contribution < -0.4 is 0 Å². The third-order valence-corrected chi connectivity index (χ3v) is 1.55. The van der Waals surface area contributed by atoms with Crippen LogP contribution in [0.3, 0.4) is 0 Å². The fourth-order valence-electron chi connectivity index (χ4n) is 0.917. The standard InChI is InChI=1S/C9H13NO2/c1-4-5-7(2)8(6-10)9(11)12-3/h4-5H2,1-3H3. The topological polar surface area (TPSA) is 50.1 Å². The number of carbonyl (C=O) groups excluding carboxylic acids is 1. The highest BCUT2D eigenvalue weighted by Gasteiger charge is 2.11. The van der Waals surface area contributed by atoms with Gasteiger partial charge in [-0.2, -0.15) is 5.26 Å². The van der Waals surface area contributed by atoms with Crippen molar-refractivity contribution in [2.24, 2.45) is 0 Å². The molecular weight excluding hydrogens is 154 g/mol. The molecule has 0 aromatic rings. The molecule has 0 heterocycles. The second-order valence-electron chi connectivity index (χ2n) is 2.51. The van der Waals surface area contributed by atoms with E-state index in [-0.39, 0.29) is 5.57 Å². The Labute approximate surface area is 72.6 Å². The molecule has 0 rings (SSSR count). The van der Waals surface area contributed by atoms with E-state index in [1.165, 1.54) is 7.11 Å². The molecule has 3 heteroatoms. The number of ether oxygens (including phenoxy) is 1. The van der Waals surface area contributed by atoms with Crippen LogP contribution in [0.15, 0.2) is 11.1 Å². The van der Waals surface area contributed by atoms with Gasteiger partial charge in [0.25, 0.3) is 0 Å². The molecule has 0 atom stereocenters. The average Bonchev–Trinajstić information content (AvgIpc) is 2.06. The van der Waals surface area contributed by atoms with Gasteiger partial charge in [0, 0.05) is 0 Å². The molecule has 0 N–H and O–H groups in total. The normalized spacial score (nSPS) is 11.5. The van der Waals surface area contributed by atoms with E-state index in [1.807, 2.05) is 13.0 Å². The number of esters is 1. The Kier molecular flexibility index (Phi) is 4.78. The van der Waals surface area contributed by atoms with Gasteiger partial charge < -0.3 is 4.74 Å². The molecule has 0 aromatic heterocycles. The fraction of sp³-hybridized carbons (Fsp3) is 0.556. The third-order valence-electron chi connectivity index (χ3n) is 1.55. The molecule has 0 aromatic carbocycles. The van der Waals surface area contributed by atoms with Crippen LogP contribution in [0.5, 0.6) is 0 Å². The molecule has 0 saturated heterocycles. The third kappa shape index (κ3) is 2.75. The number of rotatable bonds is 3. The van der Waals surface area contributed by atoms with Crippen LogP contribution in [-0.2, 0) is 9.53 Å². The smallest absolute Gasteiger partial charge is 0.348 e. The Balaban J connectivity index is 4.64. The summed E-state index contributed by atoms with van der Waals surface area (Å²) in [6.07, 6.45) is 1.69. The van der Waals surface area contributed by atoms with Crippen molar-refractivity contribution in [1.82, 2.24) is 0 Å². The molecule has 0 unspecified atom stereocenters. The predicted molar refractivity (Wildman–Crippen MR) is 45.2 cm³/mol. The van der Waals surface area contributed by atoms with Crippen LogP contribution in [0, 0.1) is 11.3 Å². The van der Waals surface area contributed by atoms with E-state index in [1.54, 1.807) is 6.92 Å². The van der Waals surface area contributed by atoms with Crippen LogP contribution in [0.1, 0.15) is 26.7 Å². The van der Waals surface area contributed by atoms with Gasteiger partial charge in [-0.25, -0.2) is 4.79 Å². The number of methoxy groups -OCH3 is 1. The van der Waals surface area contributed by atoms with Crippen molar-refractivity contribution in [3.05, 3.63) is 11.1 Å². The predicted octanol–water partition coefficient (Wildman–Crippen LogP) is 1.80. The molecule has 0 aliphatic rings. The first-order valence-electron chi connectivity index (χ1n) is 3.85. The first-order chi connectivity index (χ1) is 5.67. The lowest BCUT2D eigenvalue weighted by Crippen LogP contribution is -2.05. The molecular formula is C9H13NO2. The van der Waals surface area contributed by atoms with E-state index >= 15 is 0 Å². The van der Waals surface area contributed by atoms with Crippen molar-refractivity contribution in [2.45, 2.75) is 26.7 Å². The lowest BCUT2D eigenvalue weighted by atomic mass is 10.1. The highest BCUT2D eigenvalue weighted by molar-refractivity contribution is 5.93. The fourth-order valence-corrected chi connectivity index (χ4v) is 0.917. The van der Waals surface area contributed by atoms with Gasteiger partial charge in [-0.15, -0.1) is 0 Å². The first kappa shape index (κ1) is 10.7. The summed E-state index contributed by atoms with van der Waals surface area (Å²) < 4.78 is 4.45. The number of nitrogens with zero attached hydrogens (tertiary/aromatic N) is 1. The quantitative estimate of drug-likeness (QED) is 0.366. The summed E-state index contributed by atoms with van der Waals surface area (Å²) >= 11 is 0. The summed E-state index contributed by atoms with van der Waals surface area (Å²) in [6, 6.07) is 1.84. The van der Waals surface area contributed by atoms with Crippen LogP contribution >= 0.6 is 0 Å². The summed E-state index contributed by atoms with van der Waals surface area (Å²) in [4.78, 5) is 11.0. The van der Waals surface area contributed by atoms with Gasteiger partial charge in [0.1, 0.15) is 11.6 Å². The minimum absolute atomic E-state index is 0.138. The zero-order chi connectivity index (χ0) is 9.56. The number of nitriles is 1. The van der Waals surface area contributed by atoms with Gasteiger partial charge in [-0.05, 0) is 18.9 Å². The molecule has 0 bridgehead atoms. The monoisotopic (exact) mass is 167 g/mol. The van der Waals surface area contributed by atoms with Crippen molar-refractivity contribution in [2.75, 3.05) is 7.11 Å². The van der Waals surface area contributed by atoms with Crippen molar-refractivity contribution >= 4 is 5.97 Å². The SMILES string of the molecule is CCCC(C)=C(C#N)C(=O)OC. The maximum Gasteiger partial charge on any atom is 0.348 e. The minimum Gasteiger partial charge on any atom is -0.465 e. The maximum atomic E-state index is 11.0. The average molecular weight is 167 g/mol. The van der Waals surface area contributed by atoms with Gasteiger partial charge in [0.05, 0.1) is 7.11 Å². The Morgan fingerprint density at radius 3 is 2.50 bits per heavy atom. The summed E-state index contributed by atoms with van der Waals surface area (Å²) in [5.41, 5.74) is 0.936. The highest BCUT2D eigenvalue weighted by Crippen LogP contribution is 2.10. The zero-order valence-corrected chi connectivity index (χ0v) is 7.68. The first-order valence-corrected chi connectivity index (χ1v) is 3.85. The van der Waals surface area contributed by atoms with Crippen LogP contribution in [0.2, 0.25) is 0 Å². The van der Waals surface area contributed by atoms with Gasteiger partial charge in [0.2, 0.25) is 0 Å². The molecule has 0 saturated carbocycles. The highest BCUT2D eigenvalue weighted by atomic mass is 16.5. The van der Waals surface area contributed by atoms with Crippen LogP contribution in [-0.4, -0.2) is 13.1 Å². The molecule has 0 spiro atoms. The molecule has 0 amide bonds. The van der Waals surface area contributed by atoms with Gasteiger partial charge in [-0.1, -0.05) is 13.3 Å². The Morgan fingerprint density at radius 1 is 1.58 bits per heavy atom. The van der Waals surface area contributed by atoms with Crippen molar-refractivity contribution in [1.29, 1.82) is 5.26 Å². The van der Waals surface area contributed by atoms with Gasteiger partial charge in [0.15, 0.2) is 0 Å². The van der Waals surface area contributed by atoms with Crippen LogP contribution in [0.25, 0.3) is 0 Å². The van der Waals surface area contributed by atoms with Crippen LogP contribution in [0.4, 0.5) is 0 Å². The number of hydrogen-bond donors (Lipinski definition) is 0. The summed E-state index contributed by atoms with van der Waals surface area (Å²) in [7, 11) is 1.28. The van der Waals surface area contributed by atoms with Crippen molar-refractivity contribution in [3.8, 4) is 6.07 Å². The zero-order valence-electron chi connectivity index (χ0n) is 7.68. The molecule has 0 radical (unpaired) electrons. The summed E-state index contributed by atoms with van der Waals surface area (Å²) in [5, 5.41) is 8.62. The summed E-state index contributed by atoms with van der Waals surface area (Å²) in [6.45, 7) is 3.77. The van der Waals surface area contributed by atoms with Gasteiger partial charge >= 0.3 is 5.97 Å². The van der Waals surface area contributed by atoms with Crippen molar-refractivity contribution < 1.29 is 9.53 Å². The van der Waals surface area contributed by atoms with Crippen molar-refractivity contribution in [3.63, 3.8) is 0 Å². The maximum absolute atomic E-state index is 11.0. The van der Waals surface area contributed by atoms with E-state index in [9.17, 15) is 4.79 Å². The Hall–Kier alpha value is -1.30. The lowest BCUT2D eigenvalue weighted by Gasteiger charge is -2.01. The van der Waals surface area contributed by atoms with E-state index in [2.05, 4.69) is 4.74 Å². The molecule has 0 fully saturated rings. The summed E-state index contributed by atoms with van der Waals surface area (Å²) in [5.74, 6) is -0.538. The Morgan fingerprint density at radius 2 is 2.17 bits per heavy atom. The second-order valence-corrected chi connectivity index (χ2v) is 2.51. The van der Waals surface area contributed by atoms with Gasteiger partial charge in [-0.3, -0.25) is 0 Å². The number of carbonyl (C=O) groups is 1. The minimum atomic E-state index is -0.538. The lowest BCUT2D eigenvalue weighted by molar-refractivity contribution is -0.135. The largest absolute Gasteiger partial charge is 0.465 e. The molecule has 0 aliphatic heterocycles. The van der Waals surface area contributed by atoms with E-state index in [4.69, 9.17) is 5.26 Å². The number of hydrogen-bond acceptors (Lipinski definition) is 3. The second kappa shape index (κ2) is 5.36.